The summed E-state index contributed by atoms with van der Waals surface area (Å²) in [6, 6.07) is 13.4. The van der Waals surface area contributed by atoms with Crippen molar-refractivity contribution in [1.29, 1.82) is 0 Å². The maximum absolute atomic E-state index is 13.8. The molecule has 0 bridgehead atoms. The minimum atomic E-state index is -4.59. The third kappa shape index (κ3) is 4.59. The second-order valence-electron chi connectivity index (χ2n) is 7.11. The third-order valence-electron chi connectivity index (χ3n) is 4.83. The maximum atomic E-state index is 13.8. The van der Waals surface area contributed by atoms with Crippen LogP contribution < -0.4 is 10.9 Å². The van der Waals surface area contributed by atoms with E-state index >= 15 is 0 Å². The monoisotopic (exact) mass is 459 g/mol. The zero-order chi connectivity index (χ0) is 23.8. The summed E-state index contributed by atoms with van der Waals surface area (Å²) in [5.74, 6) is -2.97. The van der Waals surface area contributed by atoms with Crippen LogP contribution in [0.4, 0.5) is 27.6 Å². The van der Waals surface area contributed by atoms with Gasteiger partial charge in [-0.3, -0.25) is 9.59 Å². The van der Waals surface area contributed by atoms with Gasteiger partial charge in [-0.2, -0.15) is 18.3 Å². The van der Waals surface area contributed by atoms with Crippen LogP contribution in [0.1, 0.15) is 5.56 Å². The molecule has 1 amide bonds. The van der Waals surface area contributed by atoms with Gasteiger partial charge in [0.1, 0.15) is 6.54 Å². The summed E-state index contributed by atoms with van der Waals surface area (Å²) in [6.45, 7) is -0.614. The van der Waals surface area contributed by atoms with Crippen LogP contribution >= 0.6 is 0 Å². The van der Waals surface area contributed by atoms with E-state index in [1.165, 1.54) is 18.2 Å². The number of nitrogens with zero attached hydrogens (tertiary/aromatic N) is 2. The number of nitrogens with one attached hydrogen (secondary N) is 1. The Morgan fingerprint density at radius 2 is 1.64 bits per heavy atom. The number of alkyl halides is 3. The number of halogens is 5. The molecule has 0 aliphatic rings. The zero-order valence-electron chi connectivity index (χ0n) is 16.7. The summed E-state index contributed by atoms with van der Waals surface area (Å²) in [7, 11) is 0. The second kappa shape index (κ2) is 8.45. The van der Waals surface area contributed by atoms with Crippen LogP contribution in [0.25, 0.3) is 22.0 Å². The molecule has 0 spiro atoms. The highest BCUT2D eigenvalue weighted by molar-refractivity contribution is 5.94. The first-order valence-corrected chi connectivity index (χ1v) is 9.56. The molecular formula is C23H14F5N3O2. The summed E-state index contributed by atoms with van der Waals surface area (Å²) in [4.78, 5) is 25.3. The van der Waals surface area contributed by atoms with E-state index in [1.807, 2.05) is 0 Å². The number of fused-ring (bicyclic) bond motifs is 1. The fourth-order valence-electron chi connectivity index (χ4n) is 3.31. The average molecular weight is 459 g/mol. The summed E-state index contributed by atoms with van der Waals surface area (Å²) in [5.41, 5.74) is -1.37. The first kappa shape index (κ1) is 22.1. The molecule has 168 valence electrons. The predicted molar refractivity (Wildman–Crippen MR) is 111 cm³/mol. The highest BCUT2D eigenvalue weighted by Crippen LogP contribution is 2.30. The van der Waals surface area contributed by atoms with E-state index < -0.39 is 41.4 Å². The summed E-state index contributed by atoms with van der Waals surface area (Å²) >= 11 is 0. The number of carbonyl (C=O) groups excluding carboxylic acids is 1. The van der Waals surface area contributed by atoms with E-state index in [-0.39, 0.29) is 22.3 Å². The van der Waals surface area contributed by atoms with E-state index in [1.54, 1.807) is 18.2 Å². The van der Waals surface area contributed by atoms with Gasteiger partial charge in [0.25, 0.3) is 5.56 Å². The Balaban J connectivity index is 1.71. The number of anilines is 1. The van der Waals surface area contributed by atoms with Crippen molar-refractivity contribution in [2.75, 3.05) is 5.32 Å². The Labute approximate surface area is 183 Å². The molecule has 0 aliphatic heterocycles. The highest BCUT2D eigenvalue weighted by Gasteiger charge is 2.30. The Bertz CT molecular complexity index is 1430. The fraction of sp³-hybridized carbons (Fsp3) is 0.0870. The molecule has 0 unspecified atom stereocenters. The molecule has 0 radical (unpaired) electrons. The van der Waals surface area contributed by atoms with Crippen molar-refractivity contribution in [2.45, 2.75) is 12.7 Å². The summed E-state index contributed by atoms with van der Waals surface area (Å²) in [5, 5.41) is 7.00. The first-order valence-electron chi connectivity index (χ1n) is 9.56. The summed E-state index contributed by atoms with van der Waals surface area (Å²) in [6.07, 6.45) is -4.59. The smallest absolute Gasteiger partial charge is 0.324 e. The molecule has 10 heteroatoms. The lowest BCUT2D eigenvalue weighted by Gasteiger charge is -2.13. The number of aromatic nitrogens is 2. The highest BCUT2D eigenvalue weighted by atomic mass is 19.4. The molecular weight excluding hydrogens is 445 g/mol. The quantitative estimate of drug-likeness (QED) is 0.437. The minimum absolute atomic E-state index is 0.107. The molecule has 1 aromatic heterocycles. The first-order chi connectivity index (χ1) is 15.6. The molecule has 0 fully saturated rings. The molecule has 0 saturated carbocycles. The third-order valence-corrected chi connectivity index (χ3v) is 4.83. The Morgan fingerprint density at radius 3 is 2.33 bits per heavy atom. The lowest BCUT2D eigenvalue weighted by Crippen LogP contribution is -2.30. The van der Waals surface area contributed by atoms with Gasteiger partial charge in [-0.1, -0.05) is 24.3 Å². The van der Waals surface area contributed by atoms with Gasteiger partial charge in [0.05, 0.1) is 16.6 Å². The Hall–Kier alpha value is -4.08. The maximum Gasteiger partial charge on any atom is 0.416 e. The molecule has 33 heavy (non-hydrogen) atoms. The van der Waals surface area contributed by atoms with Gasteiger partial charge in [-0.05, 0) is 42.5 Å². The SMILES string of the molecule is O=C(Cn1nc(-c2ccc(F)c(F)c2)c2ccccc2c1=O)Nc1cccc(C(F)(F)F)c1. The van der Waals surface area contributed by atoms with Gasteiger partial charge in [0, 0.05) is 16.6 Å². The number of carbonyl (C=O) groups is 1. The average Bonchev–Trinajstić information content (AvgIpc) is 2.77. The molecule has 4 aromatic rings. The summed E-state index contributed by atoms with van der Waals surface area (Å²) < 4.78 is 66.7. The molecule has 3 aromatic carbocycles. The van der Waals surface area contributed by atoms with Crippen molar-refractivity contribution < 1.29 is 26.7 Å². The Morgan fingerprint density at radius 1 is 0.909 bits per heavy atom. The molecule has 4 rings (SSSR count). The van der Waals surface area contributed by atoms with Crippen molar-refractivity contribution in [3.63, 3.8) is 0 Å². The van der Waals surface area contributed by atoms with E-state index in [0.29, 0.717) is 5.39 Å². The van der Waals surface area contributed by atoms with Gasteiger partial charge in [-0.15, -0.1) is 0 Å². The molecule has 0 saturated heterocycles. The van der Waals surface area contributed by atoms with E-state index in [2.05, 4.69) is 10.4 Å². The lowest BCUT2D eigenvalue weighted by molar-refractivity contribution is -0.137. The van der Waals surface area contributed by atoms with Gasteiger partial charge >= 0.3 is 6.18 Å². The number of benzene rings is 3. The standard InChI is InChI=1S/C23H14F5N3O2/c24-18-9-8-13(10-19(18)25)21-16-6-1-2-7-17(16)22(33)31(30-21)12-20(32)29-15-5-3-4-14(11-15)23(26,27)28/h1-11H,12H2,(H,29,32). The van der Waals surface area contributed by atoms with Gasteiger partial charge < -0.3 is 5.32 Å². The van der Waals surface area contributed by atoms with Crippen LogP contribution in [0.15, 0.2) is 71.5 Å². The molecule has 0 aliphatic carbocycles. The van der Waals surface area contributed by atoms with Crippen molar-refractivity contribution >= 4 is 22.4 Å². The zero-order valence-corrected chi connectivity index (χ0v) is 16.7. The largest absolute Gasteiger partial charge is 0.416 e. The van der Waals surface area contributed by atoms with E-state index in [4.69, 9.17) is 0 Å². The number of hydrogen-bond acceptors (Lipinski definition) is 3. The molecule has 5 nitrogen and oxygen atoms in total. The Kier molecular flexibility index (Phi) is 5.67. The van der Waals surface area contributed by atoms with Gasteiger partial charge in [0.2, 0.25) is 5.91 Å². The molecule has 1 N–H and O–H groups in total. The van der Waals surface area contributed by atoms with Gasteiger partial charge in [-0.25, -0.2) is 13.5 Å². The fourth-order valence-corrected chi connectivity index (χ4v) is 3.31. The second-order valence-corrected chi connectivity index (χ2v) is 7.11. The van der Waals surface area contributed by atoms with E-state index in [9.17, 15) is 31.5 Å². The predicted octanol–water partition coefficient (Wildman–Crippen LogP) is 5.00. The molecule has 0 atom stereocenters. The molecule has 1 heterocycles. The topological polar surface area (TPSA) is 64.0 Å². The van der Waals surface area contributed by atoms with Crippen LogP contribution in [0.3, 0.4) is 0 Å². The van der Waals surface area contributed by atoms with Crippen LogP contribution in [-0.4, -0.2) is 15.7 Å². The van der Waals surface area contributed by atoms with Crippen LogP contribution in [0.2, 0.25) is 0 Å². The van der Waals surface area contributed by atoms with Gasteiger partial charge in [0.15, 0.2) is 11.6 Å². The normalized spacial score (nSPS) is 11.5. The van der Waals surface area contributed by atoms with Crippen LogP contribution in [0, 0.1) is 11.6 Å². The van der Waals surface area contributed by atoms with Crippen LogP contribution in [-0.2, 0) is 17.5 Å². The number of hydrogen-bond donors (Lipinski definition) is 1. The van der Waals surface area contributed by atoms with Crippen LogP contribution in [0.5, 0.6) is 0 Å². The van der Waals surface area contributed by atoms with Crippen molar-refractivity contribution in [2.24, 2.45) is 0 Å². The number of amides is 1. The minimum Gasteiger partial charge on any atom is -0.324 e. The van der Waals surface area contributed by atoms with Crippen molar-refractivity contribution in [1.82, 2.24) is 9.78 Å². The van der Waals surface area contributed by atoms with E-state index in [0.717, 1.165) is 35.0 Å². The number of rotatable bonds is 4. The van der Waals surface area contributed by atoms with Crippen molar-refractivity contribution in [3.8, 4) is 11.3 Å². The lowest BCUT2D eigenvalue weighted by atomic mass is 10.0. The van der Waals surface area contributed by atoms with Crippen molar-refractivity contribution in [3.05, 3.63) is 94.3 Å².